The zero-order valence-corrected chi connectivity index (χ0v) is 12.1. The highest BCUT2D eigenvalue weighted by atomic mass is 32.2. The van der Waals surface area contributed by atoms with Crippen LogP contribution in [0.25, 0.3) is 0 Å². The Labute approximate surface area is 112 Å². The number of aryl methyl sites for hydroxylation is 1. The summed E-state index contributed by atoms with van der Waals surface area (Å²) in [7, 11) is -4.02. The number of ether oxygens (including phenoxy) is 1. The van der Waals surface area contributed by atoms with E-state index < -0.39 is 16.0 Å². The summed E-state index contributed by atoms with van der Waals surface area (Å²) < 4.78 is 28.1. The molecule has 0 aliphatic heterocycles. The molecule has 0 spiro atoms. The minimum Gasteiger partial charge on any atom is -0.461 e. The first-order chi connectivity index (χ1) is 8.77. The van der Waals surface area contributed by atoms with Crippen LogP contribution < -0.4 is 5.14 Å². The molecule has 8 heteroatoms. The third-order valence-electron chi connectivity index (χ3n) is 2.32. The highest BCUT2D eigenvalue weighted by molar-refractivity contribution is 7.89. The van der Waals surface area contributed by atoms with Crippen molar-refractivity contribution in [3.63, 3.8) is 0 Å². The molecule has 0 amide bonds. The Morgan fingerprint density at radius 3 is 2.58 bits per heavy atom. The number of sulfonamides is 1. The van der Waals surface area contributed by atoms with E-state index in [1.54, 1.807) is 0 Å². The summed E-state index contributed by atoms with van der Waals surface area (Å²) in [4.78, 5) is 11.5. The van der Waals surface area contributed by atoms with Gasteiger partial charge >= 0.3 is 5.97 Å². The maximum absolute atomic E-state index is 11.8. The van der Waals surface area contributed by atoms with Crippen LogP contribution in [0, 0.1) is 5.92 Å². The standard InChI is InChI=1S/C11H19N3O4S/c1-4-5-8-10(19(12,16)17)9(14-13-8)11(15)18-6-7(2)3/h7H,4-6H2,1-3H3,(H,13,14)(H2,12,16,17). The van der Waals surface area contributed by atoms with Crippen molar-refractivity contribution in [2.24, 2.45) is 11.1 Å². The Hall–Kier alpha value is -1.41. The van der Waals surface area contributed by atoms with Crippen molar-refractivity contribution >= 4 is 16.0 Å². The number of aromatic amines is 1. The van der Waals surface area contributed by atoms with Gasteiger partial charge < -0.3 is 4.74 Å². The quantitative estimate of drug-likeness (QED) is 0.752. The molecule has 0 saturated heterocycles. The molecule has 1 aromatic rings. The second-order valence-electron chi connectivity index (χ2n) is 4.67. The van der Waals surface area contributed by atoms with Crippen LogP contribution in [-0.2, 0) is 21.2 Å². The highest BCUT2D eigenvalue weighted by Crippen LogP contribution is 2.19. The number of hydrogen-bond donors (Lipinski definition) is 2. The average molecular weight is 289 g/mol. The van der Waals surface area contributed by atoms with Gasteiger partial charge in [-0.25, -0.2) is 18.4 Å². The Morgan fingerprint density at radius 1 is 1.47 bits per heavy atom. The molecule has 1 aromatic heterocycles. The molecular weight excluding hydrogens is 270 g/mol. The van der Waals surface area contributed by atoms with Crippen LogP contribution in [0.4, 0.5) is 0 Å². The number of nitrogens with zero attached hydrogens (tertiary/aromatic N) is 1. The van der Waals surface area contributed by atoms with Crippen molar-refractivity contribution in [1.82, 2.24) is 10.2 Å². The molecule has 0 atom stereocenters. The molecule has 7 nitrogen and oxygen atoms in total. The average Bonchev–Trinajstić information content (AvgIpc) is 2.70. The van der Waals surface area contributed by atoms with Crippen LogP contribution in [0.3, 0.4) is 0 Å². The number of carbonyl (C=O) groups excluding carboxylic acids is 1. The normalized spacial score (nSPS) is 11.8. The predicted octanol–water partition coefficient (Wildman–Crippen LogP) is 0.822. The monoisotopic (exact) mass is 289 g/mol. The Bertz CT molecular complexity index is 548. The molecule has 1 rings (SSSR count). The maximum atomic E-state index is 11.8. The molecule has 0 aromatic carbocycles. The lowest BCUT2D eigenvalue weighted by Crippen LogP contribution is -2.19. The van der Waals surface area contributed by atoms with E-state index >= 15 is 0 Å². The van der Waals surface area contributed by atoms with Gasteiger partial charge in [-0.3, -0.25) is 5.10 Å². The topological polar surface area (TPSA) is 115 Å². The lowest BCUT2D eigenvalue weighted by Gasteiger charge is -2.06. The summed E-state index contributed by atoms with van der Waals surface area (Å²) in [5.41, 5.74) is 0.0631. The van der Waals surface area contributed by atoms with Gasteiger partial charge in [0.1, 0.15) is 4.90 Å². The molecule has 1 heterocycles. The molecule has 0 aliphatic carbocycles. The van der Waals surface area contributed by atoms with Gasteiger partial charge in [0.05, 0.1) is 12.3 Å². The van der Waals surface area contributed by atoms with Crippen LogP contribution in [0.5, 0.6) is 0 Å². The van der Waals surface area contributed by atoms with Crippen molar-refractivity contribution in [2.45, 2.75) is 38.5 Å². The van der Waals surface area contributed by atoms with Gasteiger partial charge in [0.15, 0.2) is 5.69 Å². The zero-order valence-electron chi connectivity index (χ0n) is 11.3. The summed E-state index contributed by atoms with van der Waals surface area (Å²) in [5, 5.41) is 11.4. The summed E-state index contributed by atoms with van der Waals surface area (Å²) in [6.45, 7) is 5.82. The molecule has 0 aliphatic rings. The number of nitrogens with one attached hydrogen (secondary N) is 1. The third kappa shape index (κ3) is 4.03. The van der Waals surface area contributed by atoms with Gasteiger partial charge in [-0.15, -0.1) is 0 Å². The highest BCUT2D eigenvalue weighted by Gasteiger charge is 2.28. The maximum Gasteiger partial charge on any atom is 0.360 e. The predicted molar refractivity (Wildman–Crippen MR) is 69.1 cm³/mol. The van der Waals surface area contributed by atoms with Crippen LogP contribution in [0.15, 0.2) is 4.90 Å². The van der Waals surface area contributed by atoms with Gasteiger partial charge in [-0.05, 0) is 12.3 Å². The van der Waals surface area contributed by atoms with Crippen molar-refractivity contribution in [3.8, 4) is 0 Å². The summed E-state index contributed by atoms with van der Waals surface area (Å²) in [6.07, 6.45) is 1.14. The number of H-pyrrole nitrogens is 1. The SMILES string of the molecule is CCCc1[nH]nc(C(=O)OCC(C)C)c1S(N)(=O)=O. The number of rotatable bonds is 6. The molecule has 108 valence electrons. The van der Waals surface area contributed by atoms with Crippen LogP contribution in [0.2, 0.25) is 0 Å². The van der Waals surface area contributed by atoms with E-state index in [4.69, 9.17) is 9.88 Å². The number of hydrogen-bond acceptors (Lipinski definition) is 5. The van der Waals surface area contributed by atoms with Gasteiger partial charge in [-0.2, -0.15) is 5.10 Å². The third-order valence-corrected chi connectivity index (χ3v) is 3.33. The fourth-order valence-electron chi connectivity index (χ4n) is 1.54. The molecule has 19 heavy (non-hydrogen) atoms. The van der Waals surface area contributed by atoms with Gasteiger partial charge in [0.2, 0.25) is 10.0 Å². The molecule has 0 bridgehead atoms. The lowest BCUT2D eigenvalue weighted by atomic mass is 10.2. The van der Waals surface area contributed by atoms with E-state index in [0.717, 1.165) is 0 Å². The second kappa shape index (κ2) is 6.16. The van der Waals surface area contributed by atoms with Crippen molar-refractivity contribution in [2.75, 3.05) is 6.61 Å². The lowest BCUT2D eigenvalue weighted by molar-refractivity contribution is 0.0447. The molecule has 0 fully saturated rings. The first kappa shape index (κ1) is 15.6. The van der Waals surface area contributed by atoms with Crippen molar-refractivity contribution in [1.29, 1.82) is 0 Å². The number of nitrogens with two attached hydrogens (primary N) is 1. The minimum atomic E-state index is -4.02. The zero-order chi connectivity index (χ0) is 14.6. The van der Waals surface area contributed by atoms with Crippen LogP contribution in [0.1, 0.15) is 43.4 Å². The number of carbonyl (C=O) groups is 1. The summed E-state index contributed by atoms with van der Waals surface area (Å²) in [6, 6.07) is 0. The fourth-order valence-corrected chi connectivity index (χ4v) is 2.43. The van der Waals surface area contributed by atoms with E-state index in [0.29, 0.717) is 18.5 Å². The molecule has 0 radical (unpaired) electrons. The van der Waals surface area contributed by atoms with Gasteiger partial charge in [0.25, 0.3) is 0 Å². The van der Waals surface area contributed by atoms with E-state index in [1.165, 1.54) is 0 Å². The smallest absolute Gasteiger partial charge is 0.360 e. The molecule has 0 saturated carbocycles. The Kier molecular flexibility index (Phi) is 5.07. The van der Waals surface area contributed by atoms with Crippen molar-refractivity contribution in [3.05, 3.63) is 11.4 Å². The first-order valence-electron chi connectivity index (χ1n) is 6.04. The molecule has 3 N–H and O–H groups in total. The summed E-state index contributed by atoms with van der Waals surface area (Å²) in [5.74, 6) is -0.632. The van der Waals surface area contributed by atoms with E-state index in [1.807, 2.05) is 20.8 Å². The van der Waals surface area contributed by atoms with E-state index in [9.17, 15) is 13.2 Å². The number of esters is 1. The molecular formula is C11H19N3O4S. The molecule has 0 unspecified atom stereocenters. The minimum absolute atomic E-state index is 0.149. The van der Waals surface area contributed by atoms with Gasteiger partial charge in [0, 0.05) is 0 Å². The van der Waals surface area contributed by atoms with Crippen LogP contribution in [-0.4, -0.2) is 31.2 Å². The van der Waals surface area contributed by atoms with Crippen molar-refractivity contribution < 1.29 is 17.9 Å². The summed E-state index contributed by atoms with van der Waals surface area (Å²) >= 11 is 0. The number of primary sulfonamides is 1. The Balaban J connectivity index is 3.11. The fraction of sp³-hybridized carbons (Fsp3) is 0.636. The van der Waals surface area contributed by atoms with E-state index in [-0.39, 0.29) is 23.1 Å². The Morgan fingerprint density at radius 2 is 2.11 bits per heavy atom. The largest absolute Gasteiger partial charge is 0.461 e. The second-order valence-corrected chi connectivity index (χ2v) is 6.17. The first-order valence-corrected chi connectivity index (χ1v) is 7.59. The number of aromatic nitrogens is 2. The van der Waals surface area contributed by atoms with Crippen LogP contribution >= 0.6 is 0 Å². The van der Waals surface area contributed by atoms with E-state index in [2.05, 4.69) is 10.2 Å². The van der Waals surface area contributed by atoms with Gasteiger partial charge in [-0.1, -0.05) is 27.2 Å².